The fourth-order valence-corrected chi connectivity index (χ4v) is 4.97. The Kier molecular flexibility index (Phi) is 9.54. The molecule has 0 radical (unpaired) electrons. The number of hydrogen-bond donors (Lipinski definition) is 0. The summed E-state index contributed by atoms with van der Waals surface area (Å²) in [5.41, 5.74) is 6.22. The van der Waals surface area contributed by atoms with Crippen molar-refractivity contribution in [3.63, 3.8) is 0 Å². The van der Waals surface area contributed by atoms with Crippen LogP contribution in [-0.4, -0.2) is 44.8 Å². The van der Waals surface area contributed by atoms with Crippen LogP contribution >= 0.6 is 11.6 Å². The topological polar surface area (TPSA) is 18.8 Å². The maximum Gasteiger partial charge on any atom is 0.0496 e. The van der Waals surface area contributed by atoms with E-state index in [9.17, 15) is 0 Å². The third-order valence-electron chi connectivity index (χ3n) is 6.49. The lowest BCUT2D eigenvalue weighted by Crippen LogP contribution is -2.32. The van der Waals surface area contributed by atoms with Crippen LogP contribution in [0.5, 0.6) is 0 Å². The SMILES string of the molecule is C=C/C(C(=C)Cl)=C(/C=C\C)N1CC(C)(C)c2ccc(C3CCN(CC)CC3)cc21.C=NC. The van der Waals surface area contributed by atoms with Crippen molar-refractivity contribution in [1.82, 2.24) is 4.90 Å². The number of halogens is 1. The van der Waals surface area contributed by atoms with Crippen LogP contribution in [0.25, 0.3) is 0 Å². The first-order valence-corrected chi connectivity index (χ1v) is 11.9. The maximum absolute atomic E-state index is 6.34. The number of nitrogens with zero attached hydrogens (tertiary/aromatic N) is 3. The predicted molar refractivity (Wildman–Crippen MR) is 143 cm³/mol. The van der Waals surface area contributed by atoms with E-state index < -0.39 is 0 Å². The van der Waals surface area contributed by atoms with E-state index in [2.05, 4.69) is 85.8 Å². The molecular weight excluding hydrogens is 414 g/mol. The van der Waals surface area contributed by atoms with Crippen LogP contribution in [0.2, 0.25) is 0 Å². The molecule has 3 rings (SSSR count). The van der Waals surface area contributed by atoms with Crippen LogP contribution in [0.4, 0.5) is 5.69 Å². The van der Waals surface area contributed by atoms with E-state index in [-0.39, 0.29) is 5.41 Å². The number of piperidine rings is 1. The van der Waals surface area contributed by atoms with Gasteiger partial charge in [-0.3, -0.25) is 0 Å². The first-order chi connectivity index (χ1) is 15.2. The summed E-state index contributed by atoms with van der Waals surface area (Å²) in [6.07, 6.45) is 8.49. The molecule has 0 saturated carbocycles. The average molecular weight is 454 g/mol. The van der Waals surface area contributed by atoms with Crippen LogP contribution < -0.4 is 4.90 Å². The summed E-state index contributed by atoms with van der Waals surface area (Å²) >= 11 is 6.34. The minimum Gasteiger partial charge on any atom is -0.340 e. The number of anilines is 1. The van der Waals surface area contributed by atoms with Gasteiger partial charge < -0.3 is 14.8 Å². The second-order valence-corrected chi connectivity index (χ2v) is 9.64. The molecule has 0 N–H and O–H groups in total. The molecule has 0 amide bonds. The summed E-state index contributed by atoms with van der Waals surface area (Å²) < 4.78 is 0. The van der Waals surface area contributed by atoms with E-state index in [0.717, 1.165) is 24.4 Å². The Bertz CT molecular complexity index is 886. The number of aliphatic imine (C=N–C) groups is 1. The van der Waals surface area contributed by atoms with Gasteiger partial charge in [0.05, 0.1) is 0 Å². The fraction of sp³-hybridized carbons (Fsp3) is 0.464. The van der Waals surface area contributed by atoms with Crippen molar-refractivity contribution in [3.8, 4) is 0 Å². The van der Waals surface area contributed by atoms with E-state index in [1.165, 1.54) is 42.7 Å². The Morgan fingerprint density at radius 1 is 1.28 bits per heavy atom. The lowest BCUT2D eigenvalue weighted by Gasteiger charge is -2.32. The summed E-state index contributed by atoms with van der Waals surface area (Å²) in [6, 6.07) is 7.15. The molecule has 2 aliphatic rings. The third-order valence-corrected chi connectivity index (χ3v) is 6.69. The normalized spacial score (nSPS) is 19.1. The van der Waals surface area contributed by atoms with Crippen molar-refractivity contribution >= 4 is 24.0 Å². The van der Waals surface area contributed by atoms with E-state index >= 15 is 0 Å². The average Bonchev–Trinajstić information content (AvgIpc) is 3.04. The highest BCUT2D eigenvalue weighted by molar-refractivity contribution is 6.32. The highest BCUT2D eigenvalue weighted by Crippen LogP contribution is 2.45. The predicted octanol–water partition coefficient (Wildman–Crippen LogP) is 7.07. The summed E-state index contributed by atoms with van der Waals surface area (Å²) in [5, 5.41) is 0.530. The van der Waals surface area contributed by atoms with Crippen LogP contribution in [0.3, 0.4) is 0 Å². The zero-order chi connectivity index (χ0) is 23.9. The monoisotopic (exact) mass is 453 g/mol. The van der Waals surface area contributed by atoms with Crippen molar-refractivity contribution < 1.29 is 0 Å². The van der Waals surface area contributed by atoms with Gasteiger partial charge in [-0.25, -0.2) is 0 Å². The lowest BCUT2D eigenvalue weighted by atomic mass is 9.84. The number of likely N-dealkylation sites (tertiary alicyclic amines) is 1. The Morgan fingerprint density at radius 3 is 2.41 bits per heavy atom. The molecule has 0 unspecified atom stereocenters. The molecule has 0 aliphatic carbocycles. The molecule has 3 nitrogen and oxygen atoms in total. The van der Waals surface area contributed by atoms with Crippen LogP contribution in [0.1, 0.15) is 57.6 Å². The van der Waals surface area contributed by atoms with Gasteiger partial charge in [-0.15, -0.1) is 0 Å². The highest BCUT2D eigenvalue weighted by atomic mass is 35.5. The Hall–Kier alpha value is -2.10. The second kappa shape index (κ2) is 11.7. The van der Waals surface area contributed by atoms with E-state index in [0.29, 0.717) is 11.0 Å². The zero-order valence-corrected chi connectivity index (χ0v) is 21.4. The molecule has 0 atom stereocenters. The molecule has 1 fully saturated rings. The highest BCUT2D eigenvalue weighted by Gasteiger charge is 2.37. The van der Waals surface area contributed by atoms with Crippen molar-refractivity contribution in [3.05, 3.63) is 77.0 Å². The minimum atomic E-state index is 0.0756. The quantitative estimate of drug-likeness (QED) is 0.338. The Morgan fingerprint density at radius 2 is 1.91 bits per heavy atom. The molecule has 2 heterocycles. The largest absolute Gasteiger partial charge is 0.340 e. The summed E-state index contributed by atoms with van der Waals surface area (Å²) in [7, 11) is 1.64. The Balaban J connectivity index is 0.00000114. The van der Waals surface area contributed by atoms with E-state index in [4.69, 9.17) is 11.6 Å². The third kappa shape index (κ3) is 5.82. The second-order valence-electron chi connectivity index (χ2n) is 9.18. The van der Waals surface area contributed by atoms with Crippen LogP contribution in [0.15, 0.2) is 70.9 Å². The molecule has 1 saturated heterocycles. The van der Waals surface area contributed by atoms with Crippen molar-refractivity contribution in [2.24, 2.45) is 4.99 Å². The molecule has 4 heteroatoms. The maximum atomic E-state index is 6.34. The van der Waals surface area contributed by atoms with Crippen molar-refractivity contribution in [1.29, 1.82) is 0 Å². The van der Waals surface area contributed by atoms with Gasteiger partial charge in [0, 0.05) is 41.0 Å². The molecular formula is C28H40ClN3. The Labute approximate surface area is 200 Å². The zero-order valence-electron chi connectivity index (χ0n) is 20.6. The number of fused-ring (bicyclic) bond motifs is 1. The van der Waals surface area contributed by atoms with Gasteiger partial charge in [0.1, 0.15) is 0 Å². The van der Waals surface area contributed by atoms with Gasteiger partial charge in [0.15, 0.2) is 0 Å². The first kappa shape index (κ1) is 26.2. The minimum absolute atomic E-state index is 0.0756. The molecule has 2 aliphatic heterocycles. The molecule has 0 aromatic heterocycles. The van der Waals surface area contributed by atoms with Crippen molar-refractivity contribution in [2.75, 3.05) is 38.1 Å². The molecule has 1 aromatic carbocycles. The number of allylic oxidation sites excluding steroid dienone is 5. The first-order valence-electron chi connectivity index (χ1n) is 11.6. The summed E-state index contributed by atoms with van der Waals surface area (Å²) in [5.74, 6) is 0.643. The molecule has 1 aromatic rings. The number of rotatable bonds is 6. The number of benzene rings is 1. The van der Waals surface area contributed by atoms with Crippen LogP contribution in [0, 0.1) is 0 Å². The van der Waals surface area contributed by atoms with Crippen LogP contribution in [-0.2, 0) is 5.41 Å². The van der Waals surface area contributed by atoms with E-state index in [1.54, 1.807) is 7.05 Å². The van der Waals surface area contributed by atoms with Gasteiger partial charge in [0.2, 0.25) is 0 Å². The molecule has 0 bridgehead atoms. The molecule has 0 spiro atoms. The summed E-state index contributed by atoms with van der Waals surface area (Å²) in [4.78, 5) is 8.21. The lowest BCUT2D eigenvalue weighted by molar-refractivity contribution is 0.222. The molecule has 174 valence electrons. The fourth-order valence-electron chi connectivity index (χ4n) is 4.80. The standard InChI is InChI=1S/C26H35ClN2.C2H5N/c1-7-10-24(22(8-2)19(4)27)29-18-26(5,6)23-12-11-21(17-25(23)29)20-13-15-28(9-3)16-14-20;1-3-2/h7-8,10-12,17,20H,2,4,9,13-16,18H2,1,3,5-6H3;1H2,2H3/b10-7-,24-22+;. The van der Waals surface area contributed by atoms with Gasteiger partial charge in [-0.2, -0.15) is 0 Å². The summed E-state index contributed by atoms with van der Waals surface area (Å²) in [6.45, 7) is 24.5. The van der Waals surface area contributed by atoms with Gasteiger partial charge >= 0.3 is 0 Å². The van der Waals surface area contributed by atoms with Gasteiger partial charge in [-0.1, -0.05) is 69.8 Å². The molecule has 32 heavy (non-hydrogen) atoms. The van der Waals surface area contributed by atoms with Crippen molar-refractivity contribution in [2.45, 2.75) is 51.9 Å². The van der Waals surface area contributed by atoms with Gasteiger partial charge in [-0.05, 0) is 75.3 Å². The van der Waals surface area contributed by atoms with E-state index in [1.807, 2.05) is 13.0 Å². The number of hydrogen-bond acceptors (Lipinski definition) is 3. The van der Waals surface area contributed by atoms with Gasteiger partial charge in [0.25, 0.3) is 0 Å². The smallest absolute Gasteiger partial charge is 0.0496 e.